The molecule has 2 saturated carbocycles. The van der Waals surface area contributed by atoms with Gasteiger partial charge in [-0.25, -0.2) is 0 Å². The molecule has 0 atom stereocenters. The van der Waals surface area contributed by atoms with Gasteiger partial charge in [0.15, 0.2) is 0 Å². The van der Waals surface area contributed by atoms with Crippen molar-refractivity contribution in [1.82, 2.24) is 0 Å². The summed E-state index contributed by atoms with van der Waals surface area (Å²) in [4.78, 5) is 11.7. The smallest absolute Gasteiger partial charge is 0.223 e. The van der Waals surface area contributed by atoms with E-state index in [0.29, 0.717) is 12.5 Å². The summed E-state index contributed by atoms with van der Waals surface area (Å²) in [7, 11) is 0. The van der Waals surface area contributed by atoms with Crippen molar-refractivity contribution in [2.24, 2.45) is 22.8 Å². The molecule has 0 heterocycles. The Morgan fingerprint density at radius 3 is 2.38 bits per heavy atom. The first-order chi connectivity index (χ1) is 10.0. The summed E-state index contributed by atoms with van der Waals surface area (Å²) in [5.41, 5.74) is 12.8. The van der Waals surface area contributed by atoms with Gasteiger partial charge in [0.2, 0.25) is 5.91 Å². The molecule has 0 radical (unpaired) electrons. The molecular weight excluding hydrogens is 284 g/mol. The van der Waals surface area contributed by atoms with E-state index < -0.39 is 0 Å². The quantitative estimate of drug-likeness (QED) is 0.898. The summed E-state index contributed by atoms with van der Waals surface area (Å²) in [6, 6.07) is 8.05. The Morgan fingerprint density at radius 1 is 1.24 bits per heavy atom. The fourth-order valence-corrected chi connectivity index (χ4v) is 4.33. The largest absolute Gasteiger partial charge is 0.369 e. The molecule has 0 aliphatic heterocycles. The predicted octanol–water partition coefficient (Wildman–Crippen LogP) is 2.99. The third-order valence-corrected chi connectivity index (χ3v) is 6.07. The van der Waals surface area contributed by atoms with Crippen molar-refractivity contribution in [2.45, 2.75) is 43.9 Å². The maximum Gasteiger partial charge on any atom is 0.223 e. The topological polar surface area (TPSA) is 69.1 Å². The average Bonchev–Trinajstić information content (AvgIpc) is 3.29. The maximum atomic E-state index is 11.7. The molecule has 0 unspecified atom stereocenters. The number of carbonyl (C=O) groups excluding carboxylic acids is 1. The monoisotopic (exact) mass is 306 g/mol. The highest BCUT2D eigenvalue weighted by Crippen LogP contribution is 2.58. The highest BCUT2D eigenvalue weighted by molar-refractivity contribution is 6.30. The minimum absolute atomic E-state index is 0.00905. The lowest BCUT2D eigenvalue weighted by molar-refractivity contribution is -0.125. The Morgan fingerprint density at radius 2 is 1.90 bits per heavy atom. The van der Waals surface area contributed by atoms with Crippen LogP contribution in [0.15, 0.2) is 24.3 Å². The van der Waals surface area contributed by atoms with Gasteiger partial charge in [-0.15, -0.1) is 0 Å². The van der Waals surface area contributed by atoms with E-state index in [9.17, 15) is 4.79 Å². The molecule has 1 aromatic rings. The second-order valence-electron chi connectivity index (χ2n) is 6.79. The highest BCUT2D eigenvalue weighted by atomic mass is 35.5. The normalized spacial score (nSPS) is 30.9. The van der Waals surface area contributed by atoms with Crippen LogP contribution in [0.4, 0.5) is 0 Å². The Labute approximate surface area is 131 Å². The summed E-state index contributed by atoms with van der Waals surface area (Å²) >= 11 is 6.13. The van der Waals surface area contributed by atoms with Crippen LogP contribution in [-0.4, -0.2) is 12.5 Å². The van der Waals surface area contributed by atoms with Gasteiger partial charge in [-0.1, -0.05) is 23.7 Å². The van der Waals surface area contributed by atoms with Gasteiger partial charge in [0.05, 0.1) is 5.41 Å². The Balaban J connectivity index is 1.78. The molecule has 21 heavy (non-hydrogen) atoms. The van der Waals surface area contributed by atoms with Crippen molar-refractivity contribution in [3.63, 3.8) is 0 Å². The molecular formula is C17H23ClN2O. The van der Waals surface area contributed by atoms with Crippen LogP contribution in [0.2, 0.25) is 5.02 Å². The number of nitrogens with two attached hydrogens (primary N) is 2. The van der Waals surface area contributed by atoms with Crippen LogP contribution in [-0.2, 0) is 10.2 Å². The Hall–Kier alpha value is -1.06. The fourth-order valence-electron chi connectivity index (χ4n) is 4.14. The van der Waals surface area contributed by atoms with Gasteiger partial charge in [0, 0.05) is 17.0 Å². The molecule has 2 aliphatic rings. The standard InChI is InChI=1S/C17H23ClN2O/c18-14-3-1-2-13(10-14)16(11-19)6-4-12(5-7-16)17(8-9-17)15(20)21/h1-3,10,12H,4-9,11,19H2,(H2,20,21). The van der Waals surface area contributed by atoms with Crippen LogP contribution in [0.25, 0.3) is 0 Å². The molecule has 0 bridgehead atoms. The molecule has 0 spiro atoms. The number of halogens is 1. The number of benzene rings is 1. The molecule has 3 nitrogen and oxygen atoms in total. The molecule has 0 saturated heterocycles. The van der Waals surface area contributed by atoms with Crippen LogP contribution in [0, 0.1) is 11.3 Å². The lowest BCUT2D eigenvalue weighted by atomic mass is 9.63. The molecule has 2 fully saturated rings. The first kappa shape index (κ1) is 14.9. The van der Waals surface area contributed by atoms with E-state index in [0.717, 1.165) is 43.5 Å². The van der Waals surface area contributed by atoms with Crippen LogP contribution >= 0.6 is 11.6 Å². The van der Waals surface area contributed by atoms with Crippen molar-refractivity contribution < 1.29 is 4.79 Å². The SMILES string of the molecule is NCC1(c2cccc(Cl)c2)CCC(C2(C(N)=O)CC2)CC1. The molecule has 3 rings (SSSR count). The summed E-state index contributed by atoms with van der Waals surface area (Å²) < 4.78 is 0. The van der Waals surface area contributed by atoms with Crippen LogP contribution in [0.5, 0.6) is 0 Å². The van der Waals surface area contributed by atoms with E-state index in [1.165, 1.54) is 5.56 Å². The Bertz CT molecular complexity index is 545. The minimum atomic E-state index is -0.199. The van der Waals surface area contributed by atoms with E-state index in [-0.39, 0.29) is 16.7 Å². The molecule has 114 valence electrons. The van der Waals surface area contributed by atoms with Gasteiger partial charge < -0.3 is 11.5 Å². The summed E-state index contributed by atoms with van der Waals surface area (Å²) in [6.07, 6.45) is 6.05. The predicted molar refractivity (Wildman–Crippen MR) is 85.0 cm³/mol. The molecule has 4 N–H and O–H groups in total. The van der Waals surface area contributed by atoms with Gasteiger partial charge >= 0.3 is 0 Å². The minimum Gasteiger partial charge on any atom is -0.369 e. The van der Waals surface area contributed by atoms with Crippen molar-refractivity contribution in [3.8, 4) is 0 Å². The van der Waals surface area contributed by atoms with Gasteiger partial charge in [-0.05, 0) is 62.1 Å². The number of primary amides is 1. The van der Waals surface area contributed by atoms with Crippen molar-refractivity contribution in [1.29, 1.82) is 0 Å². The molecule has 1 amide bonds. The maximum absolute atomic E-state index is 11.7. The summed E-state index contributed by atoms with van der Waals surface area (Å²) in [5.74, 6) is 0.337. The summed E-state index contributed by atoms with van der Waals surface area (Å²) in [6.45, 7) is 0.629. The molecule has 0 aromatic heterocycles. The lowest BCUT2D eigenvalue weighted by Crippen LogP contribution is -2.42. The second kappa shape index (κ2) is 5.29. The second-order valence-corrected chi connectivity index (χ2v) is 7.23. The molecule has 4 heteroatoms. The van der Waals surface area contributed by atoms with E-state index in [2.05, 4.69) is 6.07 Å². The molecule has 1 aromatic carbocycles. The number of hydrogen-bond acceptors (Lipinski definition) is 2. The van der Waals surface area contributed by atoms with Crippen LogP contribution in [0.3, 0.4) is 0 Å². The fraction of sp³-hybridized carbons (Fsp3) is 0.588. The zero-order valence-electron chi connectivity index (χ0n) is 12.3. The zero-order chi connectivity index (χ0) is 15.1. The van der Waals surface area contributed by atoms with Crippen molar-refractivity contribution in [2.75, 3.05) is 6.54 Å². The van der Waals surface area contributed by atoms with Crippen molar-refractivity contribution in [3.05, 3.63) is 34.9 Å². The average molecular weight is 307 g/mol. The number of rotatable bonds is 4. The van der Waals surface area contributed by atoms with Crippen LogP contribution < -0.4 is 11.5 Å². The van der Waals surface area contributed by atoms with Crippen molar-refractivity contribution >= 4 is 17.5 Å². The van der Waals surface area contributed by atoms with Gasteiger partial charge in [0.1, 0.15) is 0 Å². The highest BCUT2D eigenvalue weighted by Gasteiger charge is 2.55. The van der Waals surface area contributed by atoms with E-state index in [4.69, 9.17) is 23.1 Å². The summed E-state index contributed by atoms with van der Waals surface area (Å²) in [5, 5.41) is 0.762. The van der Waals surface area contributed by atoms with Gasteiger partial charge in [-0.3, -0.25) is 4.79 Å². The van der Waals surface area contributed by atoms with Gasteiger partial charge in [-0.2, -0.15) is 0 Å². The number of amides is 1. The zero-order valence-corrected chi connectivity index (χ0v) is 13.0. The van der Waals surface area contributed by atoms with E-state index in [1.54, 1.807) is 0 Å². The third-order valence-electron chi connectivity index (χ3n) is 5.83. The number of hydrogen-bond donors (Lipinski definition) is 2. The van der Waals surface area contributed by atoms with Gasteiger partial charge in [0.25, 0.3) is 0 Å². The van der Waals surface area contributed by atoms with Crippen LogP contribution in [0.1, 0.15) is 44.1 Å². The first-order valence-corrected chi connectivity index (χ1v) is 8.16. The van der Waals surface area contributed by atoms with E-state index >= 15 is 0 Å². The third kappa shape index (κ3) is 2.47. The molecule has 2 aliphatic carbocycles. The Kier molecular flexibility index (Phi) is 3.74. The number of carbonyl (C=O) groups is 1. The first-order valence-electron chi connectivity index (χ1n) is 7.78. The van der Waals surface area contributed by atoms with E-state index in [1.807, 2.05) is 18.2 Å². The lowest BCUT2D eigenvalue weighted by Gasteiger charge is -2.42.